The van der Waals surface area contributed by atoms with Crippen LogP contribution in [0.2, 0.25) is 0 Å². The number of aromatic nitrogens is 1. The molecule has 0 saturated heterocycles. The van der Waals surface area contributed by atoms with E-state index in [4.69, 9.17) is 10.3 Å². The van der Waals surface area contributed by atoms with Crippen LogP contribution in [0.3, 0.4) is 0 Å². The lowest BCUT2D eigenvalue weighted by Crippen LogP contribution is -2.27. The minimum Gasteiger partial charge on any atom is -0.481 e. The number of carboxylic acids is 1. The Balaban J connectivity index is 2.57. The number of nitrogens with zero attached hydrogens (tertiary/aromatic N) is 4. The molecule has 0 aliphatic rings. The molecule has 0 saturated carbocycles. The predicted molar refractivity (Wildman–Crippen MR) is 92.6 cm³/mol. The summed E-state index contributed by atoms with van der Waals surface area (Å²) in [4.78, 5) is 26.5. The number of aliphatic carboxylic acids is 1. The van der Waals surface area contributed by atoms with E-state index in [0.717, 1.165) is 0 Å². The summed E-state index contributed by atoms with van der Waals surface area (Å²) in [5, 5.41) is 13.4. The van der Waals surface area contributed by atoms with Crippen LogP contribution in [0.25, 0.3) is 21.3 Å². The number of hydrogen-bond donors (Lipinski definition) is 1. The average Bonchev–Trinajstić information content (AvgIpc) is 2.90. The minimum atomic E-state index is -1.28. The van der Waals surface area contributed by atoms with Crippen LogP contribution in [0.4, 0.5) is 4.79 Å². The van der Waals surface area contributed by atoms with Gasteiger partial charge in [-0.3, -0.25) is 9.36 Å². The summed E-state index contributed by atoms with van der Waals surface area (Å²) < 4.78 is 6.75. The second kappa shape index (κ2) is 6.86. The third-order valence-corrected chi connectivity index (χ3v) is 3.73. The van der Waals surface area contributed by atoms with E-state index in [-0.39, 0.29) is 0 Å². The van der Waals surface area contributed by atoms with E-state index in [9.17, 15) is 14.7 Å². The van der Waals surface area contributed by atoms with Crippen molar-refractivity contribution in [1.29, 1.82) is 0 Å². The quantitative estimate of drug-likeness (QED) is 0.505. The molecule has 1 heterocycles. The molecule has 1 N–H and O–H groups in total. The molecule has 0 aliphatic heterocycles. The topological polar surface area (TPSA) is 117 Å². The highest BCUT2D eigenvalue weighted by molar-refractivity contribution is 5.93. The van der Waals surface area contributed by atoms with Crippen molar-refractivity contribution in [1.82, 2.24) is 4.57 Å². The Labute approximate surface area is 144 Å². The lowest BCUT2D eigenvalue weighted by Gasteiger charge is -2.19. The predicted octanol–water partition coefficient (Wildman–Crippen LogP) is 4.29. The summed E-state index contributed by atoms with van der Waals surface area (Å²) in [6.07, 6.45) is 0.990. The van der Waals surface area contributed by atoms with Crippen LogP contribution in [0, 0.1) is 0 Å². The van der Waals surface area contributed by atoms with Gasteiger partial charge in [0.2, 0.25) is 0 Å². The molecular weight excluding hydrogens is 324 g/mol. The van der Waals surface area contributed by atoms with Crippen LogP contribution >= 0.6 is 0 Å². The summed E-state index contributed by atoms with van der Waals surface area (Å²) in [5.41, 5.74) is 9.17. The number of ether oxygens (including phenoxy) is 1. The maximum atomic E-state index is 12.5. The molecule has 1 aromatic heterocycles. The molecule has 2 atom stereocenters. The van der Waals surface area contributed by atoms with Gasteiger partial charge in [-0.25, -0.2) is 4.79 Å². The molecule has 0 amide bonds. The number of benzene rings is 1. The molecule has 0 aliphatic carbocycles. The Morgan fingerprint density at radius 1 is 1.32 bits per heavy atom. The van der Waals surface area contributed by atoms with Crippen LogP contribution in [0.5, 0.6) is 0 Å². The largest absolute Gasteiger partial charge is 0.481 e. The first-order chi connectivity index (χ1) is 11.7. The monoisotopic (exact) mass is 344 g/mol. The van der Waals surface area contributed by atoms with Gasteiger partial charge in [-0.1, -0.05) is 30.2 Å². The molecule has 1 unspecified atom stereocenters. The zero-order valence-corrected chi connectivity index (χ0v) is 14.5. The van der Waals surface area contributed by atoms with Gasteiger partial charge in [-0.05, 0) is 37.9 Å². The maximum absolute atomic E-state index is 12.5. The first-order valence-electron chi connectivity index (χ1n) is 7.76. The van der Waals surface area contributed by atoms with Crippen LogP contribution in [-0.4, -0.2) is 33.4 Å². The number of carboxylic acid groups (broad SMARTS) is 1. The number of rotatable bonds is 4. The maximum Gasteiger partial charge on any atom is 0.419 e. The van der Waals surface area contributed by atoms with E-state index in [0.29, 0.717) is 16.5 Å². The normalized spacial score (nSPS) is 13.8. The van der Waals surface area contributed by atoms with Gasteiger partial charge in [-0.15, -0.1) is 0 Å². The van der Waals surface area contributed by atoms with Crippen LogP contribution in [-0.2, 0) is 9.53 Å². The summed E-state index contributed by atoms with van der Waals surface area (Å²) in [7, 11) is 0. The van der Waals surface area contributed by atoms with Gasteiger partial charge < -0.3 is 9.84 Å². The van der Waals surface area contributed by atoms with Crippen molar-refractivity contribution in [2.75, 3.05) is 0 Å². The highest BCUT2D eigenvalue weighted by Crippen LogP contribution is 2.31. The number of azide groups is 1. The fourth-order valence-electron chi connectivity index (χ4n) is 2.62. The van der Waals surface area contributed by atoms with E-state index in [1.807, 2.05) is 0 Å². The van der Waals surface area contributed by atoms with Crippen molar-refractivity contribution < 1.29 is 19.4 Å². The fourth-order valence-corrected chi connectivity index (χ4v) is 2.62. The molecule has 25 heavy (non-hydrogen) atoms. The van der Waals surface area contributed by atoms with E-state index in [2.05, 4.69) is 10.0 Å². The van der Waals surface area contributed by atoms with Gasteiger partial charge >= 0.3 is 12.1 Å². The number of para-hydroxylation sites is 1. The van der Waals surface area contributed by atoms with E-state index >= 15 is 0 Å². The van der Waals surface area contributed by atoms with E-state index < -0.39 is 29.6 Å². The SMILES string of the molecule is C[C@@H](c1cn(C(=O)OC(C)(C)C)c2ccccc12)C(N=[N+]=[N-])C(=O)O. The number of carbonyl (C=O) groups is 2. The van der Waals surface area contributed by atoms with Crippen molar-refractivity contribution in [3.05, 3.63) is 46.5 Å². The summed E-state index contributed by atoms with van der Waals surface area (Å²) in [5.74, 6) is -1.85. The van der Waals surface area contributed by atoms with Crippen molar-refractivity contribution in [3.63, 3.8) is 0 Å². The lowest BCUT2D eigenvalue weighted by atomic mass is 9.93. The first-order valence-corrected chi connectivity index (χ1v) is 7.76. The molecule has 2 rings (SSSR count). The summed E-state index contributed by atoms with van der Waals surface area (Å²) in [6, 6.07) is 5.83. The Bertz CT molecular complexity index is 857. The zero-order chi connectivity index (χ0) is 18.8. The lowest BCUT2D eigenvalue weighted by molar-refractivity contribution is -0.138. The van der Waals surface area contributed by atoms with Crippen molar-refractivity contribution >= 4 is 23.0 Å². The molecule has 0 bridgehead atoms. The van der Waals surface area contributed by atoms with E-state index in [1.165, 1.54) is 4.57 Å². The Kier molecular flexibility index (Phi) is 5.04. The van der Waals surface area contributed by atoms with Gasteiger partial charge in [0.15, 0.2) is 0 Å². The van der Waals surface area contributed by atoms with Crippen molar-refractivity contribution in [2.24, 2.45) is 5.11 Å². The highest BCUT2D eigenvalue weighted by atomic mass is 16.6. The number of hydrogen-bond acceptors (Lipinski definition) is 4. The van der Waals surface area contributed by atoms with Gasteiger partial charge in [0.1, 0.15) is 11.6 Å². The van der Waals surface area contributed by atoms with E-state index in [1.54, 1.807) is 58.2 Å². The van der Waals surface area contributed by atoms with Crippen LogP contribution in [0.15, 0.2) is 35.6 Å². The third kappa shape index (κ3) is 3.92. The van der Waals surface area contributed by atoms with Crippen molar-refractivity contribution in [3.8, 4) is 0 Å². The zero-order valence-electron chi connectivity index (χ0n) is 14.5. The number of carbonyl (C=O) groups excluding carboxylic acids is 1. The minimum absolute atomic E-state index is 0.558. The smallest absolute Gasteiger partial charge is 0.419 e. The first kappa shape index (κ1) is 18.4. The molecule has 132 valence electrons. The van der Waals surface area contributed by atoms with Crippen LogP contribution in [0.1, 0.15) is 39.2 Å². The second-order valence-corrected chi connectivity index (χ2v) is 6.73. The van der Waals surface area contributed by atoms with Gasteiger partial charge in [-0.2, -0.15) is 0 Å². The molecule has 8 heteroatoms. The van der Waals surface area contributed by atoms with Gasteiger partial charge in [0.05, 0.1) is 5.52 Å². The summed E-state index contributed by atoms with van der Waals surface area (Å²) >= 11 is 0. The third-order valence-electron chi connectivity index (χ3n) is 3.73. The number of fused-ring (bicyclic) bond motifs is 1. The van der Waals surface area contributed by atoms with Crippen molar-refractivity contribution in [2.45, 2.75) is 45.3 Å². The molecule has 1 aromatic carbocycles. The molecule has 8 nitrogen and oxygen atoms in total. The van der Waals surface area contributed by atoms with Gasteiger partial charge in [0.25, 0.3) is 0 Å². The Hall–Kier alpha value is -2.99. The average molecular weight is 344 g/mol. The standard InChI is InChI=1S/C17H20N4O4/c1-10(14(15(22)23)19-20-18)12-9-21(16(24)25-17(2,3)4)13-8-6-5-7-11(12)13/h5-10,14H,1-4H3,(H,22,23)/t10-,14?/m0/s1. The molecule has 2 aromatic rings. The molecule has 0 radical (unpaired) electrons. The second-order valence-electron chi connectivity index (χ2n) is 6.73. The fraction of sp³-hybridized carbons (Fsp3) is 0.412. The Morgan fingerprint density at radius 3 is 2.52 bits per heavy atom. The Morgan fingerprint density at radius 2 is 1.96 bits per heavy atom. The molecule has 0 spiro atoms. The summed E-state index contributed by atoms with van der Waals surface area (Å²) in [6.45, 7) is 6.95. The molecule has 0 fully saturated rings. The van der Waals surface area contributed by atoms with Gasteiger partial charge in [0, 0.05) is 22.4 Å². The van der Waals surface area contributed by atoms with Crippen LogP contribution < -0.4 is 0 Å². The molecular formula is C17H20N4O4. The highest BCUT2D eigenvalue weighted by Gasteiger charge is 2.29.